The van der Waals surface area contributed by atoms with Gasteiger partial charge in [-0.15, -0.1) is 0 Å². The molecule has 15 nitrogen and oxygen atoms in total. The second-order valence-electron chi connectivity index (χ2n) is 9.32. The number of aliphatic hydroxyl groups excluding tert-OH is 5. The summed E-state index contributed by atoms with van der Waals surface area (Å²) in [5, 5.41) is 90.0. The lowest BCUT2D eigenvalue weighted by molar-refractivity contribution is -0.298. The Labute approximate surface area is 223 Å². The number of benzene rings is 2. The number of rotatable bonds is 6. The zero-order valence-corrected chi connectivity index (χ0v) is 20.4. The molecule has 0 bridgehead atoms. The van der Waals surface area contributed by atoms with Gasteiger partial charge < -0.3 is 69.3 Å². The Bertz CT molecular complexity index is 1450. The average molecular weight is 566 g/mol. The minimum atomic E-state index is -1.75. The molecule has 8 atom stereocenters. The van der Waals surface area contributed by atoms with Gasteiger partial charge in [0.1, 0.15) is 53.0 Å². The molecule has 15 heteroatoms. The normalized spacial score (nSPS) is 30.5. The van der Waals surface area contributed by atoms with Crippen LogP contribution < -0.4 is 10.2 Å². The Kier molecular flexibility index (Phi) is 7.47. The first-order valence-corrected chi connectivity index (χ1v) is 12.0. The monoisotopic (exact) mass is 566 g/mol. The number of ether oxygens (including phenoxy) is 4. The minimum absolute atomic E-state index is 0.00463. The number of phenolic OH excluding ortho intramolecular Hbond substituents is 4. The number of aliphatic hydroxyl groups is 5. The molecule has 0 unspecified atom stereocenters. The summed E-state index contributed by atoms with van der Waals surface area (Å²) in [7, 11) is 0. The molecule has 216 valence electrons. The van der Waals surface area contributed by atoms with Crippen LogP contribution in [0.5, 0.6) is 28.7 Å². The van der Waals surface area contributed by atoms with Crippen LogP contribution in [0.25, 0.3) is 22.3 Å². The van der Waals surface area contributed by atoms with Crippen LogP contribution in [-0.2, 0) is 14.2 Å². The first kappa shape index (κ1) is 27.9. The summed E-state index contributed by atoms with van der Waals surface area (Å²) in [6.07, 6.45) is -12.5. The maximum absolute atomic E-state index is 13.6. The van der Waals surface area contributed by atoms with Gasteiger partial charge in [-0.05, 0) is 18.2 Å². The van der Waals surface area contributed by atoms with E-state index in [2.05, 4.69) is 0 Å². The molecule has 0 amide bonds. The molecule has 2 aliphatic rings. The van der Waals surface area contributed by atoms with Crippen molar-refractivity contribution < 1.29 is 69.3 Å². The molecule has 2 aromatic carbocycles. The largest absolute Gasteiger partial charge is 0.508 e. The van der Waals surface area contributed by atoms with E-state index < -0.39 is 102 Å². The zero-order valence-electron chi connectivity index (χ0n) is 20.4. The highest BCUT2D eigenvalue weighted by Crippen LogP contribution is 2.40. The van der Waals surface area contributed by atoms with E-state index in [1.807, 2.05) is 0 Å². The molecule has 2 aliphatic heterocycles. The maximum Gasteiger partial charge on any atom is 0.239 e. The van der Waals surface area contributed by atoms with Crippen LogP contribution in [0.3, 0.4) is 0 Å². The summed E-state index contributed by atoms with van der Waals surface area (Å²) in [5.41, 5.74) is -1.24. The van der Waals surface area contributed by atoms with Gasteiger partial charge >= 0.3 is 0 Å². The third-order valence-electron chi connectivity index (χ3n) is 6.61. The van der Waals surface area contributed by atoms with Gasteiger partial charge in [-0.1, -0.05) is 0 Å². The van der Waals surface area contributed by atoms with Crippen molar-refractivity contribution in [2.24, 2.45) is 0 Å². The van der Waals surface area contributed by atoms with E-state index in [9.17, 15) is 50.8 Å². The van der Waals surface area contributed by atoms with Crippen LogP contribution in [0.4, 0.5) is 0 Å². The molecule has 0 radical (unpaired) electrons. The highest BCUT2D eigenvalue weighted by Gasteiger charge is 2.50. The van der Waals surface area contributed by atoms with Crippen molar-refractivity contribution in [2.45, 2.75) is 49.2 Å². The van der Waals surface area contributed by atoms with Crippen molar-refractivity contribution in [2.75, 3.05) is 13.2 Å². The fourth-order valence-corrected chi connectivity index (χ4v) is 4.49. The van der Waals surface area contributed by atoms with Crippen LogP contribution in [0.15, 0.2) is 39.5 Å². The minimum Gasteiger partial charge on any atom is -0.508 e. The summed E-state index contributed by atoms with van der Waals surface area (Å²) in [6, 6.07) is 5.35. The van der Waals surface area contributed by atoms with Gasteiger partial charge in [-0.3, -0.25) is 4.79 Å². The smallest absolute Gasteiger partial charge is 0.239 e. The molecule has 3 heterocycles. The lowest BCUT2D eigenvalue weighted by atomic mass is 10.1. The van der Waals surface area contributed by atoms with Crippen molar-refractivity contribution in [1.29, 1.82) is 0 Å². The lowest BCUT2D eigenvalue weighted by Crippen LogP contribution is -2.56. The molecule has 5 rings (SSSR count). The number of phenols is 4. The SMILES string of the molecule is O=c1c(O[C@H]2O[C@@H](CO)[C@H](O)[C@H]2O[C@H]2OC[C@@H](O)[C@H](O)[C@H]2O)c(-c2ccc(O)c(O)c2)oc2cc(O)cc(O)c12. The summed E-state index contributed by atoms with van der Waals surface area (Å²) < 4.78 is 28.0. The van der Waals surface area contributed by atoms with Gasteiger partial charge in [0, 0.05) is 17.7 Å². The van der Waals surface area contributed by atoms with Gasteiger partial charge in [0.2, 0.25) is 17.5 Å². The number of aromatic hydroxyl groups is 4. The van der Waals surface area contributed by atoms with E-state index >= 15 is 0 Å². The van der Waals surface area contributed by atoms with Crippen LogP contribution in [-0.4, -0.2) is 108 Å². The van der Waals surface area contributed by atoms with Crippen molar-refractivity contribution in [3.63, 3.8) is 0 Å². The van der Waals surface area contributed by atoms with Crippen molar-refractivity contribution in [1.82, 2.24) is 0 Å². The topological polar surface area (TPSA) is 249 Å². The fraction of sp³-hybridized carbons (Fsp3) is 0.400. The predicted molar refractivity (Wildman–Crippen MR) is 130 cm³/mol. The maximum atomic E-state index is 13.6. The van der Waals surface area contributed by atoms with Gasteiger partial charge in [-0.25, -0.2) is 0 Å². The zero-order chi connectivity index (χ0) is 28.9. The summed E-state index contributed by atoms with van der Waals surface area (Å²) in [5.74, 6) is -3.12. The van der Waals surface area contributed by atoms with Crippen molar-refractivity contribution >= 4 is 11.0 Å². The van der Waals surface area contributed by atoms with E-state index in [1.54, 1.807) is 0 Å². The summed E-state index contributed by atoms with van der Waals surface area (Å²) in [4.78, 5) is 13.6. The van der Waals surface area contributed by atoms with Crippen LogP contribution in [0.2, 0.25) is 0 Å². The van der Waals surface area contributed by atoms with Gasteiger partial charge in [0.05, 0.1) is 13.2 Å². The second-order valence-corrected chi connectivity index (χ2v) is 9.32. The third-order valence-corrected chi connectivity index (χ3v) is 6.61. The van der Waals surface area contributed by atoms with Gasteiger partial charge in [0.15, 0.2) is 29.7 Å². The molecule has 2 fully saturated rings. The van der Waals surface area contributed by atoms with Crippen LogP contribution in [0.1, 0.15) is 0 Å². The predicted octanol–water partition coefficient (Wildman–Crippen LogP) is -1.44. The first-order chi connectivity index (χ1) is 19.0. The molecule has 2 saturated heterocycles. The highest BCUT2D eigenvalue weighted by atomic mass is 16.8. The molecule has 0 saturated carbocycles. The van der Waals surface area contributed by atoms with E-state index in [0.29, 0.717) is 0 Å². The number of fused-ring (bicyclic) bond motifs is 1. The number of hydrogen-bond donors (Lipinski definition) is 9. The highest BCUT2D eigenvalue weighted by molar-refractivity contribution is 5.88. The molecule has 0 aliphatic carbocycles. The van der Waals surface area contributed by atoms with Crippen LogP contribution >= 0.6 is 0 Å². The molecule has 40 heavy (non-hydrogen) atoms. The van der Waals surface area contributed by atoms with Crippen molar-refractivity contribution in [3.05, 3.63) is 40.6 Å². The standard InChI is InChI=1S/C25H26O15/c26-6-15-18(33)23(40-24-20(35)17(32)13(31)7-36-24)25(38-15)39-22-19(34)16-12(30)4-9(27)5-14(16)37-21(22)8-1-2-10(28)11(29)3-8/h1-5,13,15,17-18,20,23-33,35H,6-7H2/t13-,15+,17+,18+,20-,23-,24-,25-/m1/s1. The molecular weight excluding hydrogens is 540 g/mol. The average Bonchev–Trinajstić information content (AvgIpc) is 3.20. The Balaban J connectivity index is 1.59. The summed E-state index contributed by atoms with van der Waals surface area (Å²) >= 11 is 0. The quantitative estimate of drug-likeness (QED) is 0.155. The van der Waals surface area contributed by atoms with Gasteiger partial charge in [-0.2, -0.15) is 0 Å². The van der Waals surface area contributed by atoms with E-state index in [0.717, 1.165) is 24.3 Å². The molecular formula is C25H26O15. The molecule has 0 spiro atoms. The molecule has 9 N–H and O–H groups in total. The molecule has 1 aromatic heterocycles. The number of hydrogen-bond acceptors (Lipinski definition) is 15. The van der Waals surface area contributed by atoms with Gasteiger partial charge in [0.25, 0.3) is 0 Å². The Morgan fingerprint density at radius 3 is 2.33 bits per heavy atom. The second kappa shape index (κ2) is 10.7. The Morgan fingerprint density at radius 2 is 1.62 bits per heavy atom. The Morgan fingerprint density at radius 1 is 0.875 bits per heavy atom. The molecule has 3 aromatic rings. The lowest BCUT2D eigenvalue weighted by Gasteiger charge is -2.37. The van der Waals surface area contributed by atoms with Crippen LogP contribution in [0, 0.1) is 0 Å². The van der Waals surface area contributed by atoms with E-state index in [4.69, 9.17) is 23.4 Å². The van der Waals surface area contributed by atoms with E-state index in [1.165, 1.54) is 6.07 Å². The van der Waals surface area contributed by atoms with Crippen molar-refractivity contribution in [3.8, 4) is 40.1 Å². The Hall–Kier alpha value is -3.67. The first-order valence-electron chi connectivity index (χ1n) is 12.0. The van der Waals surface area contributed by atoms with E-state index in [-0.39, 0.29) is 16.9 Å². The summed E-state index contributed by atoms with van der Waals surface area (Å²) in [6.45, 7) is -1.14. The third kappa shape index (κ3) is 4.89. The fourth-order valence-electron chi connectivity index (χ4n) is 4.49.